The molecule has 0 bridgehead atoms. The number of anilines is 1. The Morgan fingerprint density at radius 1 is 0.861 bits per heavy atom. The fraction of sp³-hybridized carbons (Fsp3) is 0.103. The number of nitrogens with zero attached hydrogens (tertiary/aromatic N) is 1. The molecule has 1 aliphatic rings. The molecule has 1 fully saturated rings. The molecule has 1 heterocycles. The van der Waals surface area contributed by atoms with E-state index in [0.29, 0.717) is 27.8 Å². The van der Waals surface area contributed by atoms with Crippen LogP contribution in [0.15, 0.2) is 90.5 Å². The molecule has 36 heavy (non-hydrogen) atoms. The third-order valence-corrected chi connectivity index (χ3v) is 6.55. The van der Waals surface area contributed by atoms with Crippen LogP contribution in [0.5, 0.6) is 11.5 Å². The Labute approximate surface area is 212 Å². The summed E-state index contributed by atoms with van der Waals surface area (Å²) >= 11 is 6.25. The number of ketones is 1. The summed E-state index contributed by atoms with van der Waals surface area (Å²) in [6.45, 7) is 0. The molecule has 0 aromatic heterocycles. The Hall–Kier alpha value is -4.29. The van der Waals surface area contributed by atoms with Crippen LogP contribution in [0.3, 0.4) is 0 Å². The number of ether oxygens (including phenoxy) is 2. The van der Waals surface area contributed by atoms with Gasteiger partial charge in [-0.2, -0.15) is 0 Å². The Balaban J connectivity index is 1.86. The van der Waals surface area contributed by atoms with Crippen LogP contribution in [0, 0.1) is 0 Å². The second-order valence-electron chi connectivity index (χ2n) is 8.25. The number of hydrogen-bond acceptors (Lipinski definition) is 5. The number of aliphatic hydroxyl groups excluding tert-OH is 1. The maximum Gasteiger partial charge on any atom is 0.300 e. The molecule has 1 saturated heterocycles. The number of fused-ring (bicyclic) bond motifs is 1. The zero-order valence-corrected chi connectivity index (χ0v) is 20.3. The summed E-state index contributed by atoms with van der Waals surface area (Å²) in [6.07, 6.45) is 0. The average molecular weight is 500 g/mol. The summed E-state index contributed by atoms with van der Waals surface area (Å²) in [5.41, 5.74) is 1.24. The van der Waals surface area contributed by atoms with E-state index in [4.69, 9.17) is 21.1 Å². The van der Waals surface area contributed by atoms with E-state index < -0.39 is 17.7 Å². The van der Waals surface area contributed by atoms with Gasteiger partial charge in [0.1, 0.15) is 22.8 Å². The van der Waals surface area contributed by atoms with Gasteiger partial charge in [0.05, 0.1) is 25.8 Å². The van der Waals surface area contributed by atoms with E-state index in [1.165, 1.54) is 19.1 Å². The van der Waals surface area contributed by atoms with Crippen molar-refractivity contribution >= 4 is 45.5 Å². The van der Waals surface area contributed by atoms with Gasteiger partial charge in [0.15, 0.2) is 0 Å². The Morgan fingerprint density at radius 2 is 1.50 bits per heavy atom. The first-order valence-electron chi connectivity index (χ1n) is 11.2. The van der Waals surface area contributed by atoms with Gasteiger partial charge in [-0.15, -0.1) is 0 Å². The maximum atomic E-state index is 13.6. The summed E-state index contributed by atoms with van der Waals surface area (Å²) in [5.74, 6) is -1.37. The van der Waals surface area contributed by atoms with Crippen LogP contribution in [0.25, 0.3) is 16.5 Å². The minimum atomic E-state index is -0.927. The van der Waals surface area contributed by atoms with Gasteiger partial charge in [0.2, 0.25) is 0 Å². The Kier molecular flexibility index (Phi) is 6.12. The SMILES string of the molecule is COc1cccc(OC)c1/C(O)=C1\C(=O)C(=O)N(c2cccc(Cl)c2)C1c1cccc2ccccc12. The molecule has 5 rings (SSSR count). The molecule has 6 nitrogen and oxygen atoms in total. The first-order valence-corrected chi connectivity index (χ1v) is 11.6. The molecule has 1 aliphatic heterocycles. The fourth-order valence-corrected chi connectivity index (χ4v) is 4.91. The van der Waals surface area contributed by atoms with E-state index in [1.807, 2.05) is 42.5 Å². The second-order valence-corrected chi connectivity index (χ2v) is 8.69. The van der Waals surface area contributed by atoms with Crippen LogP contribution in [0.1, 0.15) is 17.2 Å². The van der Waals surface area contributed by atoms with E-state index in [1.54, 1.807) is 42.5 Å². The molecule has 0 spiro atoms. The highest BCUT2D eigenvalue weighted by atomic mass is 35.5. The summed E-state index contributed by atoms with van der Waals surface area (Å²) in [7, 11) is 2.91. The third-order valence-electron chi connectivity index (χ3n) is 6.31. The number of carbonyl (C=O) groups is 2. The van der Waals surface area contributed by atoms with E-state index >= 15 is 0 Å². The number of carbonyl (C=O) groups excluding carboxylic acids is 2. The highest BCUT2D eigenvalue weighted by Gasteiger charge is 2.48. The van der Waals surface area contributed by atoms with Gasteiger partial charge in [0.25, 0.3) is 11.7 Å². The van der Waals surface area contributed by atoms with Crippen molar-refractivity contribution in [2.24, 2.45) is 0 Å². The predicted octanol–water partition coefficient (Wildman–Crippen LogP) is 6.14. The van der Waals surface area contributed by atoms with Gasteiger partial charge < -0.3 is 14.6 Å². The summed E-state index contributed by atoms with van der Waals surface area (Å²) in [6, 6.07) is 24.2. The van der Waals surface area contributed by atoms with Crippen molar-refractivity contribution < 1.29 is 24.2 Å². The average Bonchev–Trinajstić information content (AvgIpc) is 3.17. The smallest absolute Gasteiger partial charge is 0.300 e. The topological polar surface area (TPSA) is 76.1 Å². The van der Waals surface area contributed by atoms with E-state index in [9.17, 15) is 14.7 Å². The van der Waals surface area contributed by atoms with Crippen molar-refractivity contribution in [1.29, 1.82) is 0 Å². The zero-order chi connectivity index (χ0) is 25.4. The number of aliphatic hydroxyl groups is 1. The largest absolute Gasteiger partial charge is 0.506 e. The lowest BCUT2D eigenvalue weighted by Gasteiger charge is -2.27. The van der Waals surface area contributed by atoms with Gasteiger partial charge in [-0.25, -0.2) is 0 Å². The number of amides is 1. The molecular formula is C29H22ClNO5. The van der Waals surface area contributed by atoms with Crippen LogP contribution in [-0.4, -0.2) is 31.0 Å². The monoisotopic (exact) mass is 499 g/mol. The number of hydrogen-bond donors (Lipinski definition) is 1. The highest BCUT2D eigenvalue weighted by molar-refractivity contribution is 6.52. The van der Waals surface area contributed by atoms with Gasteiger partial charge in [-0.1, -0.05) is 66.2 Å². The number of Topliss-reactive ketones (excluding diaryl/α,β-unsaturated/α-hetero) is 1. The molecule has 4 aromatic rings. The molecule has 180 valence electrons. The van der Waals surface area contributed by atoms with E-state index in [-0.39, 0.29) is 16.9 Å². The molecule has 0 radical (unpaired) electrons. The van der Waals surface area contributed by atoms with E-state index in [2.05, 4.69) is 0 Å². The van der Waals surface area contributed by atoms with Gasteiger partial charge in [0, 0.05) is 10.7 Å². The third kappa shape index (κ3) is 3.76. The van der Waals surface area contributed by atoms with Gasteiger partial charge in [-0.05, 0) is 46.7 Å². The summed E-state index contributed by atoms with van der Waals surface area (Å²) in [4.78, 5) is 28.5. The summed E-state index contributed by atoms with van der Waals surface area (Å²) in [5, 5.41) is 13.8. The number of halogens is 1. The predicted molar refractivity (Wildman–Crippen MR) is 140 cm³/mol. The fourth-order valence-electron chi connectivity index (χ4n) is 4.73. The first-order chi connectivity index (χ1) is 17.5. The Morgan fingerprint density at radius 3 is 2.19 bits per heavy atom. The lowest BCUT2D eigenvalue weighted by Crippen LogP contribution is -2.29. The van der Waals surface area contributed by atoms with Crippen molar-refractivity contribution in [1.82, 2.24) is 0 Å². The lowest BCUT2D eigenvalue weighted by atomic mass is 9.91. The standard InChI is InChI=1S/C29H22ClNO5/c1-35-22-14-7-15-23(36-2)24(22)27(32)25-26(21-13-5-9-17-8-3-4-12-20(17)21)31(29(34)28(25)33)19-11-6-10-18(30)16-19/h3-16,26,32H,1-2H3/b27-25+. The molecule has 1 N–H and O–H groups in total. The van der Waals surface area contributed by atoms with Crippen LogP contribution in [0.4, 0.5) is 5.69 Å². The van der Waals surface area contributed by atoms with Crippen LogP contribution >= 0.6 is 11.6 Å². The van der Waals surface area contributed by atoms with Crippen molar-refractivity contribution in [3.05, 3.63) is 107 Å². The van der Waals surface area contributed by atoms with Crippen molar-refractivity contribution in [2.45, 2.75) is 6.04 Å². The first kappa shape index (κ1) is 23.5. The molecule has 1 amide bonds. The minimum absolute atomic E-state index is 0.0703. The van der Waals surface area contributed by atoms with Crippen molar-refractivity contribution in [3.8, 4) is 11.5 Å². The minimum Gasteiger partial charge on any atom is -0.506 e. The van der Waals surface area contributed by atoms with E-state index in [0.717, 1.165) is 10.8 Å². The molecule has 4 aromatic carbocycles. The van der Waals surface area contributed by atoms with Crippen LogP contribution < -0.4 is 14.4 Å². The lowest BCUT2D eigenvalue weighted by molar-refractivity contribution is -0.132. The quantitative estimate of drug-likeness (QED) is 0.203. The second kappa shape index (κ2) is 9.40. The van der Waals surface area contributed by atoms with Crippen LogP contribution in [-0.2, 0) is 9.59 Å². The maximum absolute atomic E-state index is 13.6. The molecular weight excluding hydrogens is 478 g/mol. The Bertz CT molecular complexity index is 1520. The molecule has 7 heteroatoms. The molecule has 0 aliphatic carbocycles. The molecule has 1 atom stereocenters. The van der Waals surface area contributed by atoms with Crippen molar-refractivity contribution in [3.63, 3.8) is 0 Å². The van der Waals surface area contributed by atoms with Gasteiger partial charge in [-0.3, -0.25) is 14.5 Å². The summed E-state index contributed by atoms with van der Waals surface area (Å²) < 4.78 is 10.9. The van der Waals surface area contributed by atoms with Crippen LogP contribution in [0.2, 0.25) is 5.02 Å². The molecule has 0 saturated carbocycles. The normalized spacial score (nSPS) is 17.0. The zero-order valence-electron chi connectivity index (χ0n) is 19.6. The number of rotatable bonds is 5. The number of methoxy groups -OCH3 is 2. The molecule has 1 unspecified atom stereocenters. The highest BCUT2D eigenvalue weighted by Crippen LogP contribution is 2.46. The van der Waals surface area contributed by atoms with Gasteiger partial charge >= 0.3 is 0 Å². The number of benzene rings is 4. The van der Waals surface area contributed by atoms with Crippen molar-refractivity contribution in [2.75, 3.05) is 19.1 Å².